The number of nitrogens with zero attached hydrogens (tertiary/aromatic N) is 1. The van der Waals surface area contributed by atoms with E-state index in [2.05, 4.69) is 9.47 Å². The third kappa shape index (κ3) is 3.65. The van der Waals surface area contributed by atoms with Crippen LogP contribution >= 0.6 is 0 Å². The lowest BCUT2D eigenvalue weighted by molar-refractivity contribution is -0.274. The monoisotopic (exact) mass is 262 g/mol. The van der Waals surface area contributed by atoms with Crippen LogP contribution in [0.25, 0.3) is 0 Å². The Kier molecular flexibility index (Phi) is 4.13. The van der Waals surface area contributed by atoms with Gasteiger partial charge in [-0.3, -0.25) is 4.79 Å². The SMILES string of the molecule is COC(=O)N([C]=O)c1ccc(OC(F)(F)F)cc1. The highest BCUT2D eigenvalue weighted by Crippen LogP contribution is 2.25. The fourth-order valence-corrected chi connectivity index (χ4v) is 1.08. The Hall–Kier alpha value is -2.25. The van der Waals surface area contributed by atoms with Crippen LogP contribution in [0.2, 0.25) is 0 Å². The van der Waals surface area contributed by atoms with Crippen molar-refractivity contribution in [1.29, 1.82) is 0 Å². The molecule has 0 bridgehead atoms. The Labute approximate surface area is 99.7 Å². The molecule has 8 heteroatoms. The molecule has 0 spiro atoms. The molecule has 2 amide bonds. The molecule has 5 nitrogen and oxygen atoms in total. The fraction of sp³-hybridized carbons (Fsp3) is 0.200. The number of halogens is 3. The van der Waals surface area contributed by atoms with Gasteiger partial charge in [0.2, 0.25) is 0 Å². The number of hydrogen-bond acceptors (Lipinski definition) is 4. The lowest BCUT2D eigenvalue weighted by Gasteiger charge is -2.13. The van der Waals surface area contributed by atoms with Gasteiger partial charge in [-0.2, -0.15) is 0 Å². The molecule has 0 heterocycles. The van der Waals surface area contributed by atoms with Crippen molar-refractivity contribution < 1.29 is 32.2 Å². The molecule has 1 aromatic rings. The van der Waals surface area contributed by atoms with Crippen LogP contribution in [0.15, 0.2) is 24.3 Å². The summed E-state index contributed by atoms with van der Waals surface area (Å²) in [6, 6.07) is 4.08. The van der Waals surface area contributed by atoms with Crippen LogP contribution in [0.3, 0.4) is 0 Å². The van der Waals surface area contributed by atoms with E-state index in [1.807, 2.05) is 0 Å². The van der Waals surface area contributed by atoms with Gasteiger partial charge in [-0.05, 0) is 24.3 Å². The molecular formula is C10H7F3NO4. The molecule has 1 radical (unpaired) electrons. The topological polar surface area (TPSA) is 55.8 Å². The van der Waals surface area contributed by atoms with Gasteiger partial charge in [0.1, 0.15) is 5.75 Å². The molecule has 0 aliphatic heterocycles. The molecular weight excluding hydrogens is 255 g/mol. The number of anilines is 1. The number of rotatable bonds is 3. The fourth-order valence-electron chi connectivity index (χ4n) is 1.08. The number of carbonyl (C=O) groups is 1. The van der Waals surface area contributed by atoms with Gasteiger partial charge in [-0.15, -0.1) is 13.2 Å². The summed E-state index contributed by atoms with van der Waals surface area (Å²) in [6.45, 7) is 0. The summed E-state index contributed by atoms with van der Waals surface area (Å²) in [7, 11) is 1.05. The maximum Gasteiger partial charge on any atom is 0.573 e. The second-order valence-corrected chi connectivity index (χ2v) is 2.94. The third-order valence-electron chi connectivity index (χ3n) is 1.78. The first-order chi connectivity index (χ1) is 8.37. The first-order valence-corrected chi connectivity index (χ1v) is 4.49. The molecule has 97 valence electrons. The Balaban J connectivity index is 2.88. The Morgan fingerprint density at radius 2 is 1.83 bits per heavy atom. The Morgan fingerprint density at radius 3 is 2.22 bits per heavy atom. The number of ether oxygens (including phenoxy) is 2. The second kappa shape index (κ2) is 5.39. The van der Waals surface area contributed by atoms with Crippen LogP contribution in [-0.2, 0) is 9.53 Å². The molecule has 0 fully saturated rings. The molecule has 0 saturated carbocycles. The largest absolute Gasteiger partial charge is 0.573 e. The standard InChI is InChI=1S/C10H7F3NO4/c1-17-9(16)14(6-15)7-2-4-8(5-3-7)18-10(11,12)13/h2-5H,1H3. The van der Waals surface area contributed by atoms with Gasteiger partial charge < -0.3 is 9.47 Å². The van der Waals surface area contributed by atoms with Gasteiger partial charge in [0, 0.05) is 0 Å². The number of alkyl halides is 3. The van der Waals surface area contributed by atoms with Gasteiger partial charge in [0.05, 0.1) is 12.8 Å². The van der Waals surface area contributed by atoms with E-state index in [0.717, 1.165) is 31.4 Å². The van der Waals surface area contributed by atoms with Crippen LogP contribution < -0.4 is 9.64 Å². The van der Waals surface area contributed by atoms with E-state index in [9.17, 15) is 22.8 Å². The number of benzene rings is 1. The zero-order chi connectivity index (χ0) is 13.8. The highest BCUT2D eigenvalue weighted by atomic mass is 19.4. The van der Waals surface area contributed by atoms with E-state index in [1.165, 1.54) is 6.41 Å². The van der Waals surface area contributed by atoms with Crippen LogP contribution in [0.4, 0.5) is 23.7 Å². The van der Waals surface area contributed by atoms with E-state index >= 15 is 0 Å². The second-order valence-electron chi connectivity index (χ2n) is 2.94. The molecule has 0 aliphatic rings. The van der Waals surface area contributed by atoms with E-state index < -0.39 is 18.2 Å². The van der Waals surface area contributed by atoms with Gasteiger partial charge in [-0.1, -0.05) is 0 Å². The first-order valence-electron chi connectivity index (χ1n) is 4.49. The molecule has 0 aliphatic carbocycles. The Morgan fingerprint density at radius 1 is 1.28 bits per heavy atom. The average molecular weight is 262 g/mol. The van der Waals surface area contributed by atoms with Crippen molar-refractivity contribution in [2.24, 2.45) is 0 Å². The maximum atomic E-state index is 11.9. The van der Waals surface area contributed by atoms with Gasteiger partial charge in [-0.25, -0.2) is 9.69 Å². The molecule has 18 heavy (non-hydrogen) atoms. The summed E-state index contributed by atoms with van der Waals surface area (Å²) >= 11 is 0. The minimum absolute atomic E-state index is 0.00590. The van der Waals surface area contributed by atoms with Crippen LogP contribution in [-0.4, -0.2) is 26.0 Å². The average Bonchev–Trinajstić information content (AvgIpc) is 2.30. The number of methoxy groups -OCH3 is 1. The minimum atomic E-state index is -4.81. The number of carbonyl (C=O) groups excluding carboxylic acids is 2. The predicted molar refractivity (Wildman–Crippen MR) is 53.7 cm³/mol. The maximum absolute atomic E-state index is 11.9. The van der Waals surface area contributed by atoms with Crippen molar-refractivity contribution in [1.82, 2.24) is 0 Å². The Bertz CT molecular complexity index is 430. The lowest BCUT2D eigenvalue weighted by Crippen LogP contribution is -2.28. The van der Waals surface area contributed by atoms with E-state index in [0.29, 0.717) is 4.90 Å². The van der Waals surface area contributed by atoms with Gasteiger partial charge >= 0.3 is 18.9 Å². The predicted octanol–water partition coefficient (Wildman–Crippen LogP) is 2.23. The molecule has 1 aromatic carbocycles. The smallest absolute Gasteiger partial charge is 0.452 e. The molecule has 0 atom stereocenters. The molecule has 1 rings (SSSR count). The number of amides is 2. The summed E-state index contributed by atoms with van der Waals surface area (Å²) in [5.41, 5.74) is 0.00590. The van der Waals surface area contributed by atoms with Crippen molar-refractivity contribution in [3.63, 3.8) is 0 Å². The third-order valence-corrected chi connectivity index (χ3v) is 1.78. The zero-order valence-electron chi connectivity index (χ0n) is 9.02. The highest BCUT2D eigenvalue weighted by molar-refractivity contribution is 6.03. The van der Waals surface area contributed by atoms with E-state index in [-0.39, 0.29) is 5.69 Å². The van der Waals surface area contributed by atoms with Crippen molar-refractivity contribution in [2.45, 2.75) is 6.36 Å². The molecule has 0 aromatic heterocycles. The van der Waals surface area contributed by atoms with Crippen LogP contribution in [0, 0.1) is 0 Å². The van der Waals surface area contributed by atoms with Crippen molar-refractivity contribution in [3.8, 4) is 5.75 Å². The van der Waals surface area contributed by atoms with Crippen molar-refractivity contribution >= 4 is 18.2 Å². The summed E-state index contributed by atoms with van der Waals surface area (Å²) in [4.78, 5) is 22.1. The summed E-state index contributed by atoms with van der Waals surface area (Å²) in [5.74, 6) is -0.470. The van der Waals surface area contributed by atoms with Gasteiger partial charge in [0.15, 0.2) is 0 Å². The highest BCUT2D eigenvalue weighted by Gasteiger charge is 2.31. The zero-order valence-corrected chi connectivity index (χ0v) is 9.02. The van der Waals surface area contributed by atoms with Crippen LogP contribution in [0.1, 0.15) is 0 Å². The first kappa shape index (κ1) is 13.8. The summed E-state index contributed by atoms with van der Waals surface area (Å²) in [5, 5.41) is 0. The van der Waals surface area contributed by atoms with E-state index in [4.69, 9.17) is 0 Å². The normalized spacial score (nSPS) is 10.7. The van der Waals surface area contributed by atoms with Crippen molar-refractivity contribution in [2.75, 3.05) is 12.0 Å². The molecule has 0 saturated heterocycles. The van der Waals surface area contributed by atoms with Crippen molar-refractivity contribution in [3.05, 3.63) is 24.3 Å². The van der Waals surface area contributed by atoms with Gasteiger partial charge in [0.25, 0.3) is 0 Å². The lowest BCUT2D eigenvalue weighted by atomic mass is 10.3. The summed E-state index contributed by atoms with van der Waals surface area (Å²) in [6.07, 6.45) is -4.53. The molecule has 0 N–H and O–H groups in total. The van der Waals surface area contributed by atoms with Crippen LogP contribution in [0.5, 0.6) is 5.75 Å². The number of hydrogen-bond donors (Lipinski definition) is 0. The summed E-state index contributed by atoms with van der Waals surface area (Å²) < 4.78 is 43.5. The van der Waals surface area contributed by atoms with E-state index in [1.54, 1.807) is 0 Å². The quantitative estimate of drug-likeness (QED) is 0.784. The molecule has 0 unspecified atom stereocenters. The number of imide groups is 1. The minimum Gasteiger partial charge on any atom is -0.452 e.